The van der Waals surface area contributed by atoms with Crippen molar-refractivity contribution in [3.63, 3.8) is 0 Å². The van der Waals surface area contributed by atoms with Crippen LogP contribution in [0.15, 0.2) is 36.5 Å². The second kappa shape index (κ2) is 5.63. The van der Waals surface area contributed by atoms with Crippen LogP contribution in [0.25, 0.3) is 0 Å². The lowest BCUT2D eigenvalue weighted by Crippen LogP contribution is -2.12. The summed E-state index contributed by atoms with van der Waals surface area (Å²) in [6.07, 6.45) is 1.63. The highest BCUT2D eigenvalue weighted by Gasteiger charge is 2.19. The van der Waals surface area contributed by atoms with Gasteiger partial charge in [-0.25, -0.2) is 4.98 Å². The zero-order valence-electron chi connectivity index (χ0n) is 12.5. The molecule has 1 aromatic carbocycles. The highest BCUT2D eigenvalue weighted by molar-refractivity contribution is 5.43. The van der Waals surface area contributed by atoms with Gasteiger partial charge in [0.15, 0.2) is 0 Å². The fraction of sp³-hybridized carbons (Fsp3) is 0.353. The summed E-state index contributed by atoms with van der Waals surface area (Å²) in [6, 6.07) is 9.82. The third kappa shape index (κ3) is 3.36. The van der Waals surface area contributed by atoms with Crippen molar-refractivity contribution in [2.45, 2.75) is 39.7 Å². The second-order valence-electron chi connectivity index (χ2n) is 6.01. The van der Waals surface area contributed by atoms with E-state index in [2.05, 4.69) is 37.9 Å². The summed E-state index contributed by atoms with van der Waals surface area (Å²) >= 11 is 0. The third-order valence-corrected chi connectivity index (χ3v) is 3.14. The van der Waals surface area contributed by atoms with Crippen LogP contribution in [-0.2, 0) is 12.0 Å². The largest absolute Gasteiger partial charge is 0.439 e. The van der Waals surface area contributed by atoms with E-state index in [9.17, 15) is 0 Å². The molecule has 1 heterocycles. The average Bonchev–Trinajstić information content (AvgIpc) is 2.38. The molecule has 0 fully saturated rings. The maximum Gasteiger partial charge on any atom is 0.219 e. The standard InChI is InChI=1S/C17H21NO2/c1-12-5-7-14(17(2,3)4)15(9-12)20-16-8-6-13(11-19)10-18-16/h5-10,19H,11H2,1-4H3. The van der Waals surface area contributed by atoms with Crippen molar-refractivity contribution >= 4 is 0 Å². The van der Waals surface area contributed by atoms with Crippen LogP contribution in [0.1, 0.15) is 37.5 Å². The maximum absolute atomic E-state index is 9.02. The van der Waals surface area contributed by atoms with Crippen LogP contribution < -0.4 is 4.74 Å². The Morgan fingerprint density at radius 3 is 2.45 bits per heavy atom. The number of pyridine rings is 1. The highest BCUT2D eigenvalue weighted by atomic mass is 16.5. The molecule has 0 aliphatic carbocycles. The van der Waals surface area contributed by atoms with Crippen LogP contribution in [0.3, 0.4) is 0 Å². The first-order valence-electron chi connectivity index (χ1n) is 6.75. The van der Waals surface area contributed by atoms with Crippen LogP contribution in [0.5, 0.6) is 11.6 Å². The Hall–Kier alpha value is -1.87. The van der Waals surface area contributed by atoms with Gasteiger partial charge in [-0.3, -0.25) is 0 Å². The minimum absolute atomic E-state index is 0.00801. The van der Waals surface area contributed by atoms with E-state index >= 15 is 0 Å². The molecule has 1 aromatic heterocycles. The van der Waals surface area contributed by atoms with Gasteiger partial charge in [0.1, 0.15) is 5.75 Å². The molecule has 0 spiro atoms. The van der Waals surface area contributed by atoms with E-state index in [1.807, 2.05) is 19.1 Å². The molecule has 0 amide bonds. The van der Waals surface area contributed by atoms with Crippen LogP contribution in [0.4, 0.5) is 0 Å². The number of rotatable bonds is 3. The fourth-order valence-electron chi connectivity index (χ4n) is 2.01. The molecule has 106 valence electrons. The average molecular weight is 271 g/mol. The van der Waals surface area contributed by atoms with Gasteiger partial charge in [-0.1, -0.05) is 32.9 Å². The molecule has 0 unspecified atom stereocenters. The van der Waals surface area contributed by atoms with Crippen molar-refractivity contribution in [2.75, 3.05) is 0 Å². The maximum atomic E-state index is 9.02. The predicted octanol–water partition coefficient (Wildman–Crippen LogP) is 3.97. The van der Waals surface area contributed by atoms with Gasteiger partial charge in [-0.15, -0.1) is 0 Å². The monoisotopic (exact) mass is 271 g/mol. The molecule has 0 saturated carbocycles. The van der Waals surface area contributed by atoms with E-state index < -0.39 is 0 Å². The summed E-state index contributed by atoms with van der Waals surface area (Å²) in [7, 11) is 0. The molecule has 0 radical (unpaired) electrons. The number of hydrogen-bond donors (Lipinski definition) is 1. The molecular formula is C17H21NO2. The van der Waals surface area contributed by atoms with E-state index in [1.54, 1.807) is 12.3 Å². The van der Waals surface area contributed by atoms with Gasteiger partial charge in [0.2, 0.25) is 5.88 Å². The van der Waals surface area contributed by atoms with E-state index in [0.717, 1.165) is 22.4 Å². The molecule has 20 heavy (non-hydrogen) atoms. The number of ether oxygens (including phenoxy) is 1. The van der Waals surface area contributed by atoms with Crippen molar-refractivity contribution in [1.82, 2.24) is 4.98 Å². The minimum Gasteiger partial charge on any atom is -0.439 e. The van der Waals surface area contributed by atoms with Crippen molar-refractivity contribution < 1.29 is 9.84 Å². The minimum atomic E-state index is -0.00896. The molecule has 0 saturated heterocycles. The van der Waals surface area contributed by atoms with Gasteiger partial charge in [-0.2, -0.15) is 0 Å². The van der Waals surface area contributed by atoms with Crippen molar-refractivity contribution in [3.05, 3.63) is 53.2 Å². The Labute approximate surface area is 120 Å². The molecule has 1 N–H and O–H groups in total. The predicted molar refractivity (Wildman–Crippen MR) is 80.1 cm³/mol. The highest BCUT2D eigenvalue weighted by Crippen LogP contribution is 2.34. The molecular weight excluding hydrogens is 250 g/mol. The summed E-state index contributed by atoms with van der Waals surface area (Å²) in [6.45, 7) is 8.51. The van der Waals surface area contributed by atoms with Crippen LogP contribution in [0.2, 0.25) is 0 Å². The van der Waals surface area contributed by atoms with E-state index in [1.165, 1.54) is 0 Å². The first kappa shape index (κ1) is 14.5. The molecule has 3 nitrogen and oxygen atoms in total. The zero-order chi connectivity index (χ0) is 14.8. The van der Waals surface area contributed by atoms with E-state index in [4.69, 9.17) is 9.84 Å². The van der Waals surface area contributed by atoms with Crippen LogP contribution in [-0.4, -0.2) is 10.1 Å². The molecule has 3 heteroatoms. The van der Waals surface area contributed by atoms with Gasteiger partial charge in [0.05, 0.1) is 6.61 Å². The number of aliphatic hydroxyl groups is 1. The Bertz CT molecular complexity index is 583. The summed E-state index contributed by atoms with van der Waals surface area (Å²) in [5.41, 5.74) is 3.09. The van der Waals surface area contributed by atoms with Gasteiger partial charge < -0.3 is 9.84 Å². The molecule has 0 aliphatic rings. The van der Waals surface area contributed by atoms with Crippen molar-refractivity contribution in [2.24, 2.45) is 0 Å². The summed E-state index contributed by atoms with van der Waals surface area (Å²) in [5, 5.41) is 9.02. The lowest BCUT2D eigenvalue weighted by atomic mass is 9.86. The molecule has 2 aromatic rings. The SMILES string of the molecule is Cc1ccc(C(C)(C)C)c(Oc2ccc(CO)cn2)c1. The number of benzene rings is 1. The van der Waals surface area contributed by atoms with E-state index in [0.29, 0.717) is 5.88 Å². The Morgan fingerprint density at radius 1 is 1.15 bits per heavy atom. The quantitative estimate of drug-likeness (QED) is 0.918. The number of aryl methyl sites for hydroxylation is 1. The lowest BCUT2D eigenvalue weighted by molar-refractivity contribution is 0.281. The number of hydrogen-bond acceptors (Lipinski definition) is 3. The molecule has 0 aliphatic heterocycles. The number of aromatic nitrogens is 1. The first-order chi connectivity index (χ1) is 9.40. The lowest BCUT2D eigenvalue weighted by Gasteiger charge is -2.22. The van der Waals surface area contributed by atoms with Gasteiger partial charge in [0.25, 0.3) is 0 Å². The van der Waals surface area contributed by atoms with Gasteiger partial charge in [0, 0.05) is 17.8 Å². The van der Waals surface area contributed by atoms with Gasteiger partial charge in [-0.05, 0) is 35.6 Å². The van der Waals surface area contributed by atoms with Crippen LogP contribution >= 0.6 is 0 Å². The Morgan fingerprint density at radius 2 is 1.90 bits per heavy atom. The zero-order valence-corrected chi connectivity index (χ0v) is 12.5. The topological polar surface area (TPSA) is 42.4 Å². The molecule has 2 rings (SSSR count). The smallest absolute Gasteiger partial charge is 0.219 e. The molecule has 0 atom stereocenters. The normalized spacial score (nSPS) is 11.4. The van der Waals surface area contributed by atoms with Crippen molar-refractivity contribution in [3.8, 4) is 11.6 Å². The fourth-order valence-corrected chi connectivity index (χ4v) is 2.01. The molecule has 0 bridgehead atoms. The summed E-state index contributed by atoms with van der Waals surface area (Å²) in [5.74, 6) is 1.38. The summed E-state index contributed by atoms with van der Waals surface area (Å²) in [4.78, 5) is 4.22. The number of aliphatic hydroxyl groups excluding tert-OH is 1. The first-order valence-corrected chi connectivity index (χ1v) is 6.75. The second-order valence-corrected chi connectivity index (χ2v) is 6.01. The summed E-state index contributed by atoms with van der Waals surface area (Å²) < 4.78 is 5.92. The van der Waals surface area contributed by atoms with E-state index in [-0.39, 0.29) is 12.0 Å². The Kier molecular flexibility index (Phi) is 4.09. The van der Waals surface area contributed by atoms with Crippen LogP contribution in [0, 0.1) is 6.92 Å². The van der Waals surface area contributed by atoms with Gasteiger partial charge >= 0.3 is 0 Å². The number of nitrogens with zero attached hydrogens (tertiary/aromatic N) is 1. The van der Waals surface area contributed by atoms with Crippen molar-refractivity contribution in [1.29, 1.82) is 0 Å². The third-order valence-electron chi connectivity index (χ3n) is 3.14. The Balaban J connectivity index is 2.34.